The Balaban J connectivity index is 1.52. The molecule has 0 saturated heterocycles. The van der Waals surface area contributed by atoms with Gasteiger partial charge in [-0.1, -0.05) is 62.8 Å². The molecule has 0 amide bonds. The van der Waals surface area contributed by atoms with Crippen molar-refractivity contribution in [1.82, 2.24) is 0 Å². The summed E-state index contributed by atoms with van der Waals surface area (Å²) < 4.78 is 10.8. The van der Waals surface area contributed by atoms with Crippen molar-refractivity contribution in [3.8, 4) is 11.5 Å². The maximum atomic E-state index is 13.7. The van der Waals surface area contributed by atoms with Crippen LogP contribution >= 0.6 is 0 Å². The molecular formula is C31H42O3. The Labute approximate surface area is 206 Å². The van der Waals surface area contributed by atoms with Crippen LogP contribution in [-0.4, -0.2) is 20.0 Å². The highest BCUT2D eigenvalue weighted by atomic mass is 16.5. The van der Waals surface area contributed by atoms with Crippen molar-refractivity contribution in [3.05, 3.63) is 59.7 Å². The van der Waals surface area contributed by atoms with Crippen molar-refractivity contribution in [2.75, 3.05) is 14.2 Å². The van der Waals surface area contributed by atoms with E-state index < -0.39 is 0 Å². The molecule has 0 aliphatic heterocycles. The van der Waals surface area contributed by atoms with E-state index in [9.17, 15) is 4.79 Å². The van der Waals surface area contributed by atoms with Gasteiger partial charge in [-0.25, -0.2) is 0 Å². The minimum absolute atomic E-state index is 0.321. The summed E-state index contributed by atoms with van der Waals surface area (Å²) in [5.41, 5.74) is 2.61. The van der Waals surface area contributed by atoms with Gasteiger partial charge in [0.25, 0.3) is 0 Å². The van der Waals surface area contributed by atoms with Crippen LogP contribution in [0.25, 0.3) is 0 Å². The van der Waals surface area contributed by atoms with Gasteiger partial charge in [-0.3, -0.25) is 4.79 Å². The van der Waals surface area contributed by atoms with Crippen molar-refractivity contribution in [3.63, 3.8) is 0 Å². The topological polar surface area (TPSA) is 35.5 Å². The molecular weight excluding hydrogens is 420 g/mol. The number of ketones is 1. The summed E-state index contributed by atoms with van der Waals surface area (Å²) in [5.74, 6) is 4.06. The zero-order valence-electron chi connectivity index (χ0n) is 21.1. The lowest BCUT2D eigenvalue weighted by molar-refractivity contribution is -0.120. The lowest BCUT2D eigenvalue weighted by Gasteiger charge is -2.33. The molecule has 0 aromatic heterocycles. The lowest BCUT2D eigenvalue weighted by Crippen LogP contribution is -2.23. The molecule has 3 heteroatoms. The summed E-state index contributed by atoms with van der Waals surface area (Å²) >= 11 is 0. The minimum Gasteiger partial charge on any atom is -0.497 e. The standard InChI is InChI=1S/C31H42O3/c1-33-28-17-13-25(14-18-28)30(23-9-5-3-6-10-23)21-27(32)22-31(24-11-7-4-8-12-24)26-15-19-29(34-2)20-16-26/h13-20,23-24,30-31H,3-12,21-22H2,1-2H3/t30-,31-/m1/s1. The molecule has 2 aliphatic rings. The second kappa shape index (κ2) is 12.4. The third-order valence-corrected chi connectivity index (χ3v) is 8.42. The second-order valence-corrected chi connectivity index (χ2v) is 10.5. The SMILES string of the molecule is COc1ccc([C@H](CC(=O)C[C@@H](c2ccc(OC)cc2)C2CCCCC2)C2CCCCC2)cc1. The molecule has 2 aromatic carbocycles. The highest BCUT2D eigenvalue weighted by Crippen LogP contribution is 2.42. The number of Topliss-reactive ketones (excluding diaryl/α,β-unsaturated/α-hetero) is 1. The predicted molar refractivity (Wildman–Crippen MR) is 139 cm³/mol. The number of benzene rings is 2. The minimum atomic E-state index is 0.321. The average molecular weight is 463 g/mol. The van der Waals surface area contributed by atoms with E-state index in [-0.39, 0.29) is 0 Å². The third-order valence-electron chi connectivity index (χ3n) is 8.42. The van der Waals surface area contributed by atoms with E-state index in [4.69, 9.17) is 9.47 Å². The van der Waals surface area contributed by atoms with E-state index in [1.807, 2.05) is 0 Å². The number of ether oxygens (including phenoxy) is 2. The molecule has 0 heterocycles. The zero-order chi connectivity index (χ0) is 23.8. The molecule has 0 N–H and O–H groups in total. The quantitative estimate of drug-likeness (QED) is 0.358. The number of hydrogen-bond acceptors (Lipinski definition) is 3. The Morgan fingerprint density at radius 1 is 0.647 bits per heavy atom. The Hall–Kier alpha value is -2.29. The highest BCUT2D eigenvalue weighted by Gasteiger charge is 2.31. The first-order valence-corrected chi connectivity index (χ1v) is 13.5. The van der Waals surface area contributed by atoms with Crippen LogP contribution < -0.4 is 9.47 Å². The fraction of sp³-hybridized carbons (Fsp3) is 0.581. The van der Waals surface area contributed by atoms with Gasteiger partial charge >= 0.3 is 0 Å². The molecule has 2 fully saturated rings. The molecule has 2 aromatic rings. The molecule has 34 heavy (non-hydrogen) atoms. The molecule has 2 saturated carbocycles. The summed E-state index contributed by atoms with van der Waals surface area (Å²) in [6.07, 6.45) is 14.1. The normalized spacial score (nSPS) is 19.4. The van der Waals surface area contributed by atoms with Crippen LogP contribution in [0.1, 0.15) is 100 Å². The van der Waals surface area contributed by atoms with E-state index in [1.165, 1.54) is 75.3 Å². The molecule has 184 valence electrons. The van der Waals surface area contributed by atoms with Gasteiger partial charge in [0.1, 0.15) is 17.3 Å². The van der Waals surface area contributed by atoms with E-state index in [1.54, 1.807) is 14.2 Å². The third kappa shape index (κ3) is 6.43. The Morgan fingerprint density at radius 2 is 1.00 bits per heavy atom. The number of carbonyl (C=O) groups is 1. The van der Waals surface area contributed by atoms with Crippen LogP contribution in [0.2, 0.25) is 0 Å². The summed E-state index contributed by atoms with van der Waals surface area (Å²) in [6.45, 7) is 0. The van der Waals surface area contributed by atoms with Crippen LogP contribution in [0, 0.1) is 11.8 Å². The molecule has 0 radical (unpaired) electrons. The fourth-order valence-electron chi connectivity index (χ4n) is 6.46. The van der Waals surface area contributed by atoms with Gasteiger partial charge in [0.2, 0.25) is 0 Å². The molecule has 4 rings (SSSR count). The van der Waals surface area contributed by atoms with Crippen LogP contribution in [0.4, 0.5) is 0 Å². The molecule has 0 bridgehead atoms. The lowest BCUT2D eigenvalue weighted by atomic mass is 9.71. The summed E-state index contributed by atoms with van der Waals surface area (Å²) in [7, 11) is 3.42. The molecule has 2 aliphatic carbocycles. The number of methoxy groups -OCH3 is 2. The van der Waals surface area contributed by atoms with E-state index in [0.29, 0.717) is 42.3 Å². The van der Waals surface area contributed by atoms with Gasteiger partial charge in [0.05, 0.1) is 14.2 Å². The van der Waals surface area contributed by atoms with Crippen LogP contribution in [0.3, 0.4) is 0 Å². The fourth-order valence-corrected chi connectivity index (χ4v) is 6.46. The summed E-state index contributed by atoms with van der Waals surface area (Å²) in [4.78, 5) is 13.7. The zero-order valence-corrected chi connectivity index (χ0v) is 21.1. The van der Waals surface area contributed by atoms with Gasteiger partial charge in [0.15, 0.2) is 0 Å². The predicted octanol–water partition coefficient (Wildman–Crippen LogP) is 8.08. The van der Waals surface area contributed by atoms with E-state index in [2.05, 4.69) is 48.5 Å². The summed E-state index contributed by atoms with van der Waals surface area (Å²) in [6, 6.07) is 17.0. The van der Waals surface area contributed by atoms with Crippen molar-refractivity contribution >= 4 is 5.78 Å². The van der Waals surface area contributed by atoms with Gasteiger partial charge in [-0.05, 0) is 84.7 Å². The number of rotatable bonds is 10. The van der Waals surface area contributed by atoms with Gasteiger partial charge in [0, 0.05) is 12.8 Å². The first-order chi connectivity index (χ1) is 16.7. The monoisotopic (exact) mass is 462 g/mol. The van der Waals surface area contributed by atoms with Crippen molar-refractivity contribution in [2.45, 2.75) is 88.9 Å². The smallest absolute Gasteiger partial charge is 0.134 e. The van der Waals surface area contributed by atoms with Gasteiger partial charge < -0.3 is 9.47 Å². The highest BCUT2D eigenvalue weighted by molar-refractivity contribution is 5.80. The second-order valence-electron chi connectivity index (χ2n) is 10.5. The molecule has 2 atom stereocenters. The van der Waals surface area contributed by atoms with Crippen LogP contribution in [0.15, 0.2) is 48.5 Å². The van der Waals surface area contributed by atoms with E-state index >= 15 is 0 Å². The Bertz CT molecular complexity index is 800. The van der Waals surface area contributed by atoms with Crippen molar-refractivity contribution < 1.29 is 14.3 Å². The van der Waals surface area contributed by atoms with Crippen LogP contribution in [-0.2, 0) is 4.79 Å². The maximum Gasteiger partial charge on any atom is 0.134 e. The maximum absolute atomic E-state index is 13.7. The largest absolute Gasteiger partial charge is 0.497 e. The van der Waals surface area contributed by atoms with Gasteiger partial charge in [-0.2, -0.15) is 0 Å². The van der Waals surface area contributed by atoms with Crippen molar-refractivity contribution in [1.29, 1.82) is 0 Å². The summed E-state index contributed by atoms with van der Waals surface area (Å²) in [5, 5.41) is 0. The Morgan fingerprint density at radius 3 is 1.32 bits per heavy atom. The first-order valence-electron chi connectivity index (χ1n) is 13.5. The van der Waals surface area contributed by atoms with Gasteiger partial charge in [-0.15, -0.1) is 0 Å². The van der Waals surface area contributed by atoms with Crippen LogP contribution in [0.5, 0.6) is 11.5 Å². The average Bonchev–Trinajstić information content (AvgIpc) is 2.91. The Kier molecular flexibility index (Phi) is 9.07. The number of hydrogen-bond donors (Lipinski definition) is 0. The first kappa shape index (κ1) is 24.8. The van der Waals surface area contributed by atoms with Crippen molar-refractivity contribution in [2.24, 2.45) is 11.8 Å². The molecule has 0 unspecified atom stereocenters. The van der Waals surface area contributed by atoms with E-state index in [0.717, 1.165) is 11.5 Å². The molecule has 0 spiro atoms. The number of carbonyl (C=O) groups excluding carboxylic acids is 1. The molecule has 3 nitrogen and oxygen atoms in total.